The Balaban J connectivity index is 1.42. The third-order valence-corrected chi connectivity index (χ3v) is 5.50. The Morgan fingerprint density at radius 2 is 2.15 bits per heavy atom. The summed E-state index contributed by atoms with van der Waals surface area (Å²) in [6.45, 7) is 0.731. The molecule has 2 aromatic heterocycles. The smallest absolute Gasteiger partial charge is 0.267 e. The summed E-state index contributed by atoms with van der Waals surface area (Å²) in [6.07, 6.45) is 4.56. The molecule has 0 saturated carbocycles. The van der Waals surface area contributed by atoms with Crippen molar-refractivity contribution in [3.05, 3.63) is 63.7 Å². The van der Waals surface area contributed by atoms with Crippen LogP contribution in [0.4, 0.5) is 0 Å². The van der Waals surface area contributed by atoms with Crippen LogP contribution in [-0.4, -0.2) is 39.9 Å². The van der Waals surface area contributed by atoms with Crippen molar-refractivity contribution in [3.63, 3.8) is 0 Å². The number of nitrogens with one attached hydrogen (secondary N) is 2. The number of aromatic amines is 1. The largest absolute Gasteiger partial charge is 0.377 e. The first-order chi connectivity index (χ1) is 13.2. The summed E-state index contributed by atoms with van der Waals surface area (Å²) in [6, 6.07) is 8.77. The highest BCUT2D eigenvalue weighted by Crippen LogP contribution is 2.23. The second kappa shape index (κ2) is 6.35. The van der Waals surface area contributed by atoms with E-state index in [2.05, 4.69) is 15.4 Å². The van der Waals surface area contributed by atoms with Crippen LogP contribution < -0.4 is 10.9 Å². The van der Waals surface area contributed by atoms with Gasteiger partial charge >= 0.3 is 0 Å². The molecule has 0 spiro atoms. The Morgan fingerprint density at radius 3 is 3.07 bits per heavy atom. The van der Waals surface area contributed by atoms with E-state index in [1.807, 2.05) is 24.3 Å². The van der Waals surface area contributed by atoms with E-state index in [1.165, 1.54) is 4.68 Å². The monoisotopic (exact) mass is 364 g/mol. The normalized spacial score (nSPS) is 21.5. The van der Waals surface area contributed by atoms with E-state index in [1.54, 1.807) is 12.3 Å². The lowest BCUT2D eigenvalue weighted by molar-refractivity contribution is 0.0926. The molecule has 2 unspecified atom stereocenters. The zero-order chi connectivity index (χ0) is 18.4. The molecule has 27 heavy (non-hydrogen) atoms. The molecule has 0 radical (unpaired) electrons. The number of carbonyl (C=O) groups excluding carboxylic acids is 1. The van der Waals surface area contributed by atoms with Gasteiger partial charge in [0.15, 0.2) is 0 Å². The molecule has 2 N–H and O–H groups in total. The van der Waals surface area contributed by atoms with E-state index in [0.29, 0.717) is 18.8 Å². The molecular formula is C20H20N4O3. The Labute approximate surface area is 155 Å². The Kier molecular flexibility index (Phi) is 3.82. The molecular weight excluding hydrogens is 344 g/mol. The summed E-state index contributed by atoms with van der Waals surface area (Å²) in [5, 5.41) is 8.48. The second-order valence-corrected chi connectivity index (χ2v) is 7.19. The van der Waals surface area contributed by atoms with Crippen molar-refractivity contribution in [1.29, 1.82) is 0 Å². The summed E-state index contributed by atoms with van der Waals surface area (Å²) in [5.41, 5.74) is 3.42. The van der Waals surface area contributed by atoms with Gasteiger partial charge in [0.1, 0.15) is 6.04 Å². The minimum absolute atomic E-state index is 0.127. The average Bonchev–Trinajstić information content (AvgIpc) is 3.39. The predicted molar refractivity (Wildman–Crippen MR) is 99.9 cm³/mol. The van der Waals surface area contributed by atoms with E-state index in [-0.39, 0.29) is 23.6 Å². The first-order valence-corrected chi connectivity index (χ1v) is 9.27. The van der Waals surface area contributed by atoms with Crippen LogP contribution in [0.5, 0.6) is 0 Å². The summed E-state index contributed by atoms with van der Waals surface area (Å²) in [5.74, 6) is -0.179. The molecule has 1 amide bonds. The first-order valence-electron chi connectivity index (χ1n) is 9.27. The lowest BCUT2D eigenvalue weighted by atomic mass is 10.1. The van der Waals surface area contributed by atoms with E-state index >= 15 is 0 Å². The van der Waals surface area contributed by atoms with Gasteiger partial charge in [-0.2, -0.15) is 5.10 Å². The maximum Gasteiger partial charge on any atom is 0.267 e. The zero-order valence-corrected chi connectivity index (χ0v) is 14.8. The molecule has 2 aliphatic rings. The number of fused-ring (bicyclic) bond motifs is 2. The predicted octanol–water partition coefficient (Wildman–Crippen LogP) is 1.58. The molecule has 1 aliphatic heterocycles. The van der Waals surface area contributed by atoms with Gasteiger partial charge < -0.3 is 15.0 Å². The number of aryl methyl sites for hydroxylation is 2. The third-order valence-electron chi connectivity index (χ3n) is 5.50. The summed E-state index contributed by atoms with van der Waals surface area (Å²) < 4.78 is 7.08. The van der Waals surface area contributed by atoms with Crippen molar-refractivity contribution in [1.82, 2.24) is 20.1 Å². The van der Waals surface area contributed by atoms with E-state index in [0.717, 1.165) is 41.4 Å². The van der Waals surface area contributed by atoms with Crippen LogP contribution in [0, 0.1) is 0 Å². The summed E-state index contributed by atoms with van der Waals surface area (Å²) >= 11 is 0. The van der Waals surface area contributed by atoms with Crippen molar-refractivity contribution in [2.24, 2.45) is 0 Å². The molecule has 2 atom stereocenters. The van der Waals surface area contributed by atoms with Gasteiger partial charge in [-0.1, -0.05) is 18.2 Å². The number of hydrogen-bond acceptors (Lipinski definition) is 4. The molecule has 1 saturated heterocycles. The van der Waals surface area contributed by atoms with Gasteiger partial charge in [-0.05, 0) is 30.9 Å². The van der Waals surface area contributed by atoms with Crippen LogP contribution in [-0.2, 0) is 17.6 Å². The Bertz CT molecular complexity index is 1080. The van der Waals surface area contributed by atoms with Gasteiger partial charge in [-0.25, -0.2) is 4.68 Å². The highest BCUT2D eigenvalue weighted by atomic mass is 16.5. The third kappa shape index (κ3) is 2.75. The van der Waals surface area contributed by atoms with Gasteiger partial charge in [-0.15, -0.1) is 0 Å². The minimum atomic E-state index is -0.296. The average molecular weight is 364 g/mol. The number of nitrogens with zero attached hydrogens (tertiary/aromatic N) is 2. The number of ether oxygens (including phenoxy) is 1. The van der Waals surface area contributed by atoms with Crippen LogP contribution in [0.25, 0.3) is 10.9 Å². The van der Waals surface area contributed by atoms with Gasteiger partial charge in [0.25, 0.3) is 11.5 Å². The first kappa shape index (κ1) is 16.3. The van der Waals surface area contributed by atoms with Crippen molar-refractivity contribution in [2.45, 2.75) is 31.3 Å². The summed E-state index contributed by atoms with van der Waals surface area (Å²) in [7, 11) is 0. The zero-order valence-electron chi connectivity index (χ0n) is 14.8. The number of aromatic nitrogens is 3. The number of para-hydroxylation sites is 1. The van der Waals surface area contributed by atoms with E-state index in [4.69, 9.17) is 4.74 Å². The SMILES string of the molecule is O=C(NC1COCC1n1nc2c(cc1=O)CCC2)c1c[nH]c2ccccc12. The minimum Gasteiger partial charge on any atom is -0.377 e. The van der Waals surface area contributed by atoms with Crippen LogP contribution in [0.3, 0.4) is 0 Å². The van der Waals surface area contributed by atoms with Crippen molar-refractivity contribution in [3.8, 4) is 0 Å². The number of rotatable bonds is 3. The fourth-order valence-electron chi connectivity index (χ4n) is 4.08. The number of H-pyrrole nitrogens is 1. The number of hydrogen-bond donors (Lipinski definition) is 2. The maximum absolute atomic E-state index is 12.8. The number of benzene rings is 1. The van der Waals surface area contributed by atoms with Crippen molar-refractivity contribution in [2.75, 3.05) is 13.2 Å². The molecule has 1 fully saturated rings. The van der Waals surface area contributed by atoms with Crippen LogP contribution in [0.15, 0.2) is 41.3 Å². The molecule has 3 heterocycles. The lowest BCUT2D eigenvalue weighted by Crippen LogP contribution is -2.44. The fraction of sp³-hybridized carbons (Fsp3) is 0.350. The topological polar surface area (TPSA) is 89.0 Å². The molecule has 1 aromatic carbocycles. The van der Waals surface area contributed by atoms with E-state index < -0.39 is 0 Å². The maximum atomic E-state index is 12.8. The molecule has 138 valence electrons. The Hall–Kier alpha value is -2.93. The van der Waals surface area contributed by atoms with Gasteiger partial charge in [0.05, 0.1) is 30.5 Å². The Morgan fingerprint density at radius 1 is 1.26 bits per heavy atom. The number of amides is 1. The standard InChI is InChI=1S/C20H20N4O3/c25-19-8-12-4-3-7-15(12)23-24(19)18-11-27-10-17(18)22-20(26)14-9-21-16-6-2-1-5-13(14)16/h1-2,5-6,8-9,17-18,21H,3-4,7,10-11H2,(H,22,26). The van der Waals surface area contributed by atoms with E-state index in [9.17, 15) is 9.59 Å². The van der Waals surface area contributed by atoms with Gasteiger partial charge in [-0.3, -0.25) is 9.59 Å². The van der Waals surface area contributed by atoms with Crippen molar-refractivity contribution < 1.29 is 9.53 Å². The van der Waals surface area contributed by atoms with Crippen molar-refractivity contribution >= 4 is 16.8 Å². The fourth-order valence-corrected chi connectivity index (χ4v) is 4.08. The molecule has 0 bridgehead atoms. The molecule has 7 heteroatoms. The highest BCUT2D eigenvalue weighted by Gasteiger charge is 2.34. The molecule has 5 rings (SSSR count). The summed E-state index contributed by atoms with van der Waals surface area (Å²) in [4.78, 5) is 28.5. The van der Waals surface area contributed by atoms with Crippen LogP contribution >= 0.6 is 0 Å². The molecule has 7 nitrogen and oxygen atoms in total. The second-order valence-electron chi connectivity index (χ2n) is 7.19. The van der Waals surface area contributed by atoms with Crippen LogP contribution in [0.2, 0.25) is 0 Å². The van der Waals surface area contributed by atoms with Gasteiger partial charge in [0, 0.05) is 23.2 Å². The quantitative estimate of drug-likeness (QED) is 0.739. The lowest BCUT2D eigenvalue weighted by Gasteiger charge is -2.20. The molecule has 3 aromatic rings. The van der Waals surface area contributed by atoms with Crippen LogP contribution in [0.1, 0.15) is 34.1 Å². The van der Waals surface area contributed by atoms with Gasteiger partial charge in [0.2, 0.25) is 0 Å². The number of carbonyl (C=O) groups is 1. The molecule has 1 aliphatic carbocycles. The highest BCUT2D eigenvalue weighted by molar-refractivity contribution is 6.06.